The van der Waals surface area contributed by atoms with Gasteiger partial charge in [0, 0.05) is 19.8 Å². The number of rotatable bonds is 5. The molecule has 1 aromatic heterocycles. The number of nitrogens with two attached hydrogens (primary N) is 1. The van der Waals surface area contributed by atoms with Crippen LogP contribution in [0.25, 0.3) is 0 Å². The lowest BCUT2D eigenvalue weighted by Crippen LogP contribution is -2.21. The summed E-state index contributed by atoms with van der Waals surface area (Å²) in [4.78, 5) is 3.97. The van der Waals surface area contributed by atoms with Gasteiger partial charge < -0.3 is 10.5 Å². The van der Waals surface area contributed by atoms with Gasteiger partial charge in [0.2, 0.25) is 0 Å². The number of ether oxygens (including phenoxy) is 1. The Hall–Kier alpha value is -1.00. The molecule has 4 heteroatoms. The van der Waals surface area contributed by atoms with E-state index in [4.69, 9.17) is 10.5 Å². The van der Waals surface area contributed by atoms with Crippen LogP contribution in [0.15, 0.2) is 18.3 Å². The maximum atomic E-state index is 12.6. The van der Waals surface area contributed by atoms with Crippen molar-refractivity contribution >= 4 is 0 Å². The highest BCUT2D eigenvalue weighted by atomic mass is 19.1. The first kappa shape index (κ1) is 12.1. The Kier molecular flexibility index (Phi) is 4.65. The minimum Gasteiger partial charge on any atom is -0.385 e. The highest BCUT2D eigenvalue weighted by Gasteiger charge is 2.15. The van der Waals surface area contributed by atoms with Crippen LogP contribution in [0, 0.1) is 11.7 Å². The second kappa shape index (κ2) is 5.78. The first-order valence-electron chi connectivity index (χ1n) is 5.01. The van der Waals surface area contributed by atoms with Crippen LogP contribution in [0.1, 0.15) is 25.1 Å². The van der Waals surface area contributed by atoms with Crippen molar-refractivity contribution in [3.05, 3.63) is 29.8 Å². The normalized spacial score (nSPS) is 14.9. The average Bonchev–Trinajstić information content (AvgIpc) is 2.26. The number of halogens is 1. The van der Waals surface area contributed by atoms with Gasteiger partial charge in [0.15, 0.2) is 0 Å². The first-order valence-corrected chi connectivity index (χ1v) is 5.01. The van der Waals surface area contributed by atoms with Crippen LogP contribution in [0.2, 0.25) is 0 Å². The molecule has 0 amide bonds. The SMILES string of the molecule is COCCC(C)C(N)c1ccc(F)cn1. The van der Waals surface area contributed by atoms with Crippen molar-refractivity contribution < 1.29 is 9.13 Å². The highest BCUT2D eigenvalue weighted by molar-refractivity contribution is 5.10. The maximum absolute atomic E-state index is 12.6. The molecule has 0 aliphatic rings. The molecule has 0 aliphatic carbocycles. The number of methoxy groups -OCH3 is 1. The molecule has 0 aliphatic heterocycles. The van der Waals surface area contributed by atoms with E-state index in [1.165, 1.54) is 12.3 Å². The molecule has 1 rings (SSSR count). The molecule has 2 atom stereocenters. The molecule has 0 bridgehead atoms. The van der Waals surface area contributed by atoms with Gasteiger partial charge >= 0.3 is 0 Å². The first-order chi connectivity index (χ1) is 7.15. The summed E-state index contributed by atoms with van der Waals surface area (Å²) in [5.74, 6) is -0.0709. The van der Waals surface area contributed by atoms with Gasteiger partial charge in [0.1, 0.15) is 5.82 Å². The summed E-state index contributed by atoms with van der Waals surface area (Å²) in [6, 6.07) is 2.84. The fourth-order valence-electron chi connectivity index (χ4n) is 1.36. The van der Waals surface area contributed by atoms with E-state index in [0.29, 0.717) is 6.61 Å². The third-order valence-electron chi connectivity index (χ3n) is 2.48. The van der Waals surface area contributed by atoms with Gasteiger partial charge in [-0.2, -0.15) is 0 Å². The molecule has 2 N–H and O–H groups in total. The summed E-state index contributed by atoms with van der Waals surface area (Å²) >= 11 is 0. The van der Waals surface area contributed by atoms with E-state index in [9.17, 15) is 4.39 Å². The Balaban J connectivity index is 2.59. The average molecular weight is 212 g/mol. The Morgan fingerprint density at radius 1 is 1.53 bits per heavy atom. The number of aromatic nitrogens is 1. The molecule has 15 heavy (non-hydrogen) atoms. The molecule has 2 unspecified atom stereocenters. The van der Waals surface area contributed by atoms with E-state index >= 15 is 0 Å². The Bertz CT molecular complexity index is 289. The van der Waals surface area contributed by atoms with Crippen LogP contribution in [-0.4, -0.2) is 18.7 Å². The van der Waals surface area contributed by atoms with Crippen LogP contribution < -0.4 is 5.73 Å². The highest BCUT2D eigenvalue weighted by Crippen LogP contribution is 2.20. The maximum Gasteiger partial charge on any atom is 0.141 e. The molecule has 1 aromatic rings. The van der Waals surface area contributed by atoms with E-state index < -0.39 is 0 Å². The smallest absolute Gasteiger partial charge is 0.141 e. The predicted octanol–water partition coefficient (Wildman–Crippen LogP) is 1.89. The van der Waals surface area contributed by atoms with Crippen LogP contribution in [0.4, 0.5) is 4.39 Å². The minimum absolute atomic E-state index is 0.166. The Morgan fingerprint density at radius 3 is 2.80 bits per heavy atom. The van der Waals surface area contributed by atoms with Crippen molar-refractivity contribution in [3.63, 3.8) is 0 Å². The Morgan fingerprint density at radius 2 is 2.27 bits per heavy atom. The van der Waals surface area contributed by atoms with Crippen molar-refractivity contribution in [1.82, 2.24) is 4.98 Å². The van der Waals surface area contributed by atoms with E-state index in [2.05, 4.69) is 4.98 Å². The molecule has 3 nitrogen and oxygen atoms in total. The minimum atomic E-state index is -0.338. The molecular formula is C11H17FN2O. The lowest BCUT2D eigenvalue weighted by Gasteiger charge is -2.18. The third-order valence-corrected chi connectivity index (χ3v) is 2.48. The molecule has 0 saturated heterocycles. The second-order valence-corrected chi connectivity index (χ2v) is 3.69. The number of hydrogen-bond donors (Lipinski definition) is 1. The van der Waals surface area contributed by atoms with Crippen LogP contribution in [0.3, 0.4) is 0 Å². The van der Waals surface area contributed by atoms with Crippen LogP contribution >= 0.6 is 0 Å². The molecule has 0 spiro atoms. The third kappa shape index (κ3) is 3.57. The topological polar surface area (TPSA) is 48.1 Å². The Labute approximate surface area is 89.5 Å². The lowest BCUT2D eigenvalue weighted by molar-refractivity contribution is 0.174. The van der Waals surface area contributed by atoms with Crippen molar-refractivity contribution in [2.75, 3.05) is 13.7 Å². The summed E-state index contributed by atoms with van der Waals surface area (Å²) in [6.07, 6.45) is 2.06. The van der Waals surface area contributed by atoms with E-state index in [0.717, 1.165) is 12.1 Å². The second-order valence-electron chi connectivity index (χ2n) is 3.69. The van der Waals surface area contributed by atoms with Gasteiger partial charge in [-0.3, -0.25) is 4.98 Å². The number of nitrogens with zero attached hydrogens (tertiary/aromatic N) is 1. The summed E-state index contributed by atoms with van der Waals surface area (Å²) in [7, 11) is 1.66. The summed E-state index contributed by atoms with van der Waals surface area (Å²) < 4.78 is 17.6. The lowest BCUT2D eigenvalue weighted by atomic mass is 9.96. The monoisotopic (exact) mass is 212 g/mol. The standard InChI is InChI=1S/C11H17FN2O/c1-8(5-6-15-2)11(13)10-4-3-9(12)7-14-10/h3-4,7-8,11H,5-6,13H2,1-2H3. The van der Waals surface area contributed by atoms with Gasteiger partial charge in [-0.1, -0.05) is 6.92 Å². The van der Waals surface area contributed by atoms with Gasteiger partial charge in [-0.05, 0) is 24.5 Å². The van der Waals surface area contributed by atoms with Gasteiger partial charge in [-0.15, -0.1) is 0 Å². The largest absolute Gasteiger partial charge is 0.385 e. The zero-order valence-electron chi connectivity index (χ0n) is 9.11. The van der Waals surface area contributed by atoms with E-state index in [1.807, 2.05) is 6.92 Å². The molecular weight excluding hydrogens is 195 g/mol. The summed E-state index contributed by atoms with van der Waals surface area (Å²) in [6.45, 7) is 2.71. The molecule has 0 saturated carbocycles. The number of pyridine rings is 1. The number of hydrogen-bond acceptors (Lipinski definition) is 3. The van der Waals surface area contributed by atoms with Gasteiger partial charge in [0.05, 0.1) is 11.9 Å². The fourth-order valence-corrected chi connectivity index (χ4v) is 1.36. The quantitative estimate of drug-likeness (QED) is 0.810. The van der Waals surface area contributed by atoms with Crippen LogP contribution in [-0.2, 0) is 4.74 Å². The molecule has 0 radical (unpaired) electrons. The van der Waals surface area contributed by atoms with Crippen molar-refractivity contribution in [3.8, 4) is 0 Å². The molecule has 84 valence electrons. The van der Waals surface area contributed by atoms with E-state index in [1.54, 1.807) is 13.2 Å². The van der Waals surface area contributed by atoms with Crippen molar-refractivity contribution in [2.45, 2.75) is 19.4 Å². The molecule has 1 heterocycles. The summed E-state index contributed by atoms with van der Waals surface area (Å²) in [5, 5.41) is 0. The van der Waals surface area contributed by atoms with Gasteiger partial charge in [0.25, 0.3) is 0 Å². The summed E-state index contributed by atoms with van der Waals surface area (Å²) in [5.41, 5.74) is 6.71. The van der Waals surface area contributed by atoms with Crippen molar-refractivity contribution in [1.29, 1.82) is 0 Å². The van der Waals surface area contributed by atoms with Gasteiger partial charge in [-0.25, -0.2) is 4.39 Å². The molecule has 0 fully saturated rings. The van der Waals surface area contributed by atoms with E-state index in [-0.39, 0.29) is 17.8 Å². The predicted molar refractivity (Wildman–Crippen MR) is 56.8 cm³/mol. The zero-order valence-corrected chi connectivity index (χ0v) is 9.11. The zero-order chi connectivity index (χ0) is 11.3. The van der Waals surface area contributed by atoms with Crippen LogP contribution in [0.5, 0.6) is 0 Å². The van der Waals surface area contributed by atoms with Crippen molar-refractivity contribution in [2.24, 2.45) is 11.7 Å². The molecule has 0 aromatic carbocycles. The fraction of sp³-hybridized carbons (Fsp3) is 0.545.